The van der Waals surface area contributed by atoms with Gasteiger partial charge in [0.05, 0.1) is 11.0 Å². The van der Waals surface area contributed by atoms with Gasteiger partial charge in [-0.2, -0.15) is 0 Å². The molecular formula is C18H16N2O2. The van der Waals surface area contributed by atoms with Crippen LogP contribution < -0.4 is 4.90 Å². The van der Waals surface area contributed by atoms with E-state index < -0.39 is 0 Å². The molecule has 1 atom stereocenters. The molecule has 3 rings (SSSR count). The minimum Gasteiger partial charge on any atom is -0.364 e. The van der Waals surface area contributed by atoms with Crippen LogP contribution in [0.2, 0.25) is 0 Å². The van der Waals surface area contributed by atoms with Gasteiger partial charge in [-0.25, -0.2) is 0 Å². The number of likely N-dealkylation sites (N-methyl/N-ethyl adjacent to an activating group) is 1. The second kappa shape index (κ2) is 5.85. The van der Waals surface area contributed by atoms with Gasteiger partial charge in [0.15, 0.2) is 0 Å². The van der Waals surface area contributed by atoms with Crippen molar-refractivity contribution < 1.29 is 4.92 Å². The molecule has 0 N–H and O–H groups in total. The Morgan fingerprint density at radius 3 is 2.59 bits per heavy atom. The summed E-state index contributed by atoms with van der Waals surface area (Å²) in [6, 6.07) is 15.0. The van der Waals surface area contributed by atoms with E-state index in [-0.39, 0.29) is 16.7 Å². The van der Waals surface area contributed by atoms with E-state index in [0.717, 1.165) is 5.56 Å². The van der Waals surface area contributed by atoms with Crippen LogP contribution in [0.15, 0.2) is 60.7 Å². The standard InChI is InChI=1S/C18H16N2O2/c1-19-16(13-9-15-4-2-3-5-18(15)19)10-6-14-7-11-17(12-8-14)20(21)22/h2-13,16H,1H3/b10-6+. The first-order valence-corrected chi connectivity index (χ1v) is 7.08. The number of hydrogen-bond donors (Lipinski definition) is 0. The summed E-state index contributed by atoms with van der Waals surface area (Å²) in [6.45, 7) is 0. The van der Waals surface area contributed by atoms with Gasteiger partial charge in [0.2, 0.25) is 0 Å². The van der Waals surface area contributed by atoms with Crippen LogP contribution >= 0.6 is 0 Å². The van der Waals surface area contributed by atoms with Gasteiger partial charge >= 0.3 is 0 Å². The highest BCUT2D eigenvalue weighted by molar-refractivity contribution is 5.73. The van der Waals surface area contributed by atoms with Crippen molar-refractivity contribution in [2.24, 2.45) is 0 Å². The van der Waals surface area contributed by atoms with E-state index in [4.69, 9.17) is 0 Å². The molecule has 1 heterocycles. The highest BCUT2D eigenvalue weighted by atomic mass is 16.6. The molecule has 0 bridgehead atoms. The maximum atomic E-state index is 10.6. The summed E-state index contributed by atoms with van der Waals surface area (Å²) in [5.74, 6) is 0. The summed E-state index contributed by atoms with van der Waals surface area (Å²) in [5, 5.41) is 10.6. The van der Waals surface area contributed by atoms with Crippen molar-refractivity contribution in [2.75, 3.05) is 11.9 Å². The van der Waals surface area contributed by atoms with Gasteiger partial charge in [0.25, 0.3) is 5.69 Å². The molecule has 1 aliphatic rings. The maximum absolute atomic E-state index is 10.6. The molecule has 4 heteroatoms. The number of rotatable bonds is 3. The molecule has 0 fully saturated rings. The Morgan fingerprint density at radius 2 is 1.86 bits per heavy atom. The molecule has 0 amide bonds. The molecule has 0 radical (unpaired) electrons. The highest BCUT2D eigenvalue weighted by Crippen LogP contribution is 2.28. The number of non-ortho nitro benzene ring substituents is 1. The van der Waals surface area contributed by atoms with E-state index in [9.17, 15) is 10.1 Å². The predicted molar refractivity (Wildman–Crippen MR) is 89.8 cm³/mol. The van der Waals surface area contributed by atoms with Gasteiger partial charge in [-0.1, -0.05) is 42.5 Å². The lowest BCUT2D eigenvalue weighted by molar-refractivity contribution is -0.384. The third-order valence-electron chi connectivity index (χ3n) is 3.83. The monoisotopic (exact) mass is 292 g/mol. The van der Waals surface area contributed by atoms with Gasteiger partial charge in [0.1, 0.15) is 0 Å². The van der Waals surface area contributed by atoms with Crippen molar-refractivity contribution in [2.45, 2.75) is 6.04 Å². The van der Waals surface area contributed by atoms with Crippen LogP contribution in [0.25, 0.3) is 12.2 Å². The fraction of sp³-hybridized carbons (Fsp3) is 0.111. The Bertz CT molecular complexity index is 748. The number of anilines is 1. The number of nitrogens with zero attached hydrogens (tertiary/aromatic N) is 2. The molecule has 1 unspecified atom stereocenters. The van der Waals surface area contributed by atoms with E-state index in [1.54, 1.807) is 12.1 Å². The zero-order chi connectivity index (χ0) is 15.5. The first-order chi connectivity index (χ1) is 10.6. The van der Waals surface area contributed by atoms with E-state index in [1.165, 1.54) is 23.4 Å². The SMILES string of the molecule is CN1c2ccccc2C=CC1/C=C/c1ccc([N+](=O)[O-])cc1. The summed E-state index contributed by atoms with van der Waals surface area (Å²) in [5.41, 5.74) is 3.47. The summed E-state index contributed by atoms with van der Waals surface area (Å²) in [7, 11) is 2.06. The van der Waals surface area contributed by atoms with Crippen molar-refractivity contribution in [3.63, 3.8) is 0 Å². The maximum Gasteiger partial charge on any atom is 0.269 e. The number of fused-ring (bicyclic) bond motifs is 1. The van der Waals surface area contributed by atoms with Crippen LogP contribution in [0.4, 0.5) is 11.4 Å². The zero-order valence-electron chi connectivity index (χ0n) is 12.2. The Kier molecular flexibility index (Phi) is 3.74. The van der Waals surface area contributed by atoms with Gasteiger partial charge in [-0.15, -0.1) is 0 Å². The van der Waals surface area contributed by atoms with Crippen LogP contribution in [0.1, 0.15) is 11.1 Å². The number of para-hydroxylation sites is 1. The molecule has 0 aromatic heterocycles. The van der Waals surface area contributed by atoms with Crippen LogP contribution in [-0.2, 0) is 0 Å². The van der Waals surface area contributed by atoms with Crippen molar-refractivity contribution >= 4 is 23.5 Å². The molecule has 0 aliphatic carbocycles. The van der Waals surface area contributed by atoms with Gasteiger partial charge < -0.3 is 4.90 Å². The Morgan fingerprint density at radius 1 is 1.14 bits per heavy atom. The van der Waals surface area contributed by atoms with Gasteiger partial charge in [-0.05, 0) is 29.3 Å². The lowest BCUT2D eigenvalue weighted by Gasteiger charge is -2.30. The van der Waals surface area contributed by atoms with E-state index in [2.05, 4.69) is 42.3 Å². The van der Waals surface area contributed by atoms with E-state index >= 15 is 0 Å². The summed E-state index contributed by atoms with van der Waals surface area (Å²) in [4.78, 5) is 12.5. The number of benzene rings is 2. The largest absolute Gasteiger partial charge is 0.364 e. The smallest absolute Gasteiger partial charge is 0.269 e. The highest BCUT2D eigenvalue weighted by Gasteiger charge is 2.15. The van der Waals surface area contributed by atoms with E-state index in [0.29, 0.717) is 0 Å². The molecule has 1 aliphatic heterocycles. The fourth-order valence-electron chi connectivity index (χ4n) is 2.55. The quantitative estimate of drug-likeness (QED) is 0.631. The minimum absolute atomic E-state index is 0.112. The molecule has 2 aromatic carbocycles. The van der Waals surface area contributed by atoms with Crippen molar-refractivity contribution in [3.8, 4) is 0 Å². The zero-order valence-corrected chi connectivity index (χ0v) is 12.2. The van der Waals surface area contributed by atoms with Crippen LogP contribution in [-0.4, -0.2) is 18.0 Å². The topological polar surface area (TPSA) is 46.4 Å². The van der Waals surface area contributed by atoms with Crippen molar-refractivity contribution in [1.82, 2.24) is 0 Å². The third kappa shape index (κ3) is 2.76. The summed E-state index contributed by atoms with van der Waals surface area (Å²) >= 11 is 0. The van der Waals surface area contributed by atoms with Crippen LogP contribution in [0, 0.1) is 10.1 Å². The second-order valence-electron chi connectivity index (χ2n) is 5.23. The number of hydrogen-bond acceptors (Lipinski definition) is 3. The van der Waals surface area contributed by atoms with Crippen molar-refractivity contribution in [1.29, 1.82) is 0 Å². The Hall–Kier alpha value is -2.88. The average molecular weight is 292 g/mol. The molecule has 0 saturated heterocycles. The van der Waals surface area contributed by atoms with Crippen molar-refractivity contribution in [3.05, 3.63) is 81.9 Å². The molecular weight excluding hydrogens is 276 g/mol. The average Bonchev–Trinajstić information content (AvgIpc) is 2.55. The van der Waals surface area contributed by atoms with Crippen LogP contribution in [0.5, 0.6) is 0 Å². The van der Waals surface area contributed by atoms with Gasteiger partial charge in [0, 0.05) is 24.9 Å². The van der Waals surface area contributed by atoms with Crippen LogP contribution in [0.3, 0.4) is 0 Å². The Labute approximate surface area is 129 Å². The molecule has 0 spiro atoms. The number of nitro groups is 1. The third-order valence-corrected chi connectivity index (χ3v) is 3.83. The Balaban J connectivity index is 1.78. The lowest BCUT2D eigenvalue weighted by atomic mass is 10.0. The molecule has 0 saturated carbocycles. The molecule has 22 heavy (non-hydrogen) atoms. The van der Waals surface area contributed by atoms with E-state index in [1.807, 2.05) is 18.2 Å². The lowest BCUT2D eigenvalue weighted by Crippen LogP contribution is -2.30. The molecule has 110 valence electrons. The first-order valence-electron chi connectivity index (χ1n) is 7.08. The summed E-state index contributed by atoms with van der Waals surface area (Å²) < 4.78 is 0. The first kappa shape index (κ1) is 14.1. The minimum atomic E-state index is -0.387. The fourth-order valence-corrected chi connectivity index (χ4v) is 2.55. The predicted octanol–water partition coefficient (Wildman–Crippen LogP) is 4.14. The second-order valence-corrected chi connectivity index (χ2v) is 5.23. The normalized spacial score (nSPS) is 16.8. The van der Waals surface area contributed by atoms with Gasteiger partial charge in [-0.3, -0.25) is 10.1 Å². The number of nitro benzene ring substituents is 1. The molecule has 2 aromatic rings. The summed E-state index contributed by atoms with van der Waals surface area (Å²) in [6.07, 6.45) is 8.35. The molecule has 4 nitrogen and oxygen atoms in total.